The van der Waals surface area contributed by atoms with Crippen molar-refractivity contribution in [2.24, 2.45) is 0 Å². The smallest absolute Gasteiger partial charge is 0.272 e. The Morgan fingerprint density at radius 3 is 2.69 bits per heavy atom. The van der Waals surface area contributed by atoms with Gasteiger partial charge in [0, 0.05) is 11.6 Å². The number of hydrogen-bond acceptors (Lipinski definition) is 4. The third-order valence-electron chi connectivity index (χ3n) is 1.77. The second-order valence-electron chi connectivity index (χ2n) is 2.66. The molecule has 0 saturated carbocycles. The summed E-state index contributed by atoms with van der Waals surface area (Å²) in [5, 5.41) is 7.60. The lowest BCUT2D eigenvalue weighted by Gasteiger charge is -2.07. The molecule has 7 heteroatoms. The molecule has 0 saturated heterocycles. The summed E-state index contributed by atoms with van der Waals surface area (Å²) in [6.45, 7) is 0. The molecule has 0 aliphatic heterocycles. The minimum Gasteiger partial charge on any atom is -0.481 e. The van der Waals surface area contributed by atoms with Crippen LogP contribution in [0.25, 0.3) is 0 Å². The zero-order chi connectivity index (χ0) is 12.3. The second-order valence-corrected chi connectivity index (χ2v) is 3.01. The summed E-state index contributed by atoms with van der Waals surface area (Å²) in [7, 11) is 1.20. The van der Waals surface area contributed by atoms with Crippen LogP contribution >= 0.6 is 11.6 Å². The van der Waals surface area contributed by atoms with Gasteiger partial charge >= 0.3 is 0 Å². The summed E-state index contributed by atoms with van der Waals surface area (Å²) in [5.74, 6) is -0.196. The van der Waals surface area contributed by atoms with Crippen LogP contribution in [-0.2, 0) is 0 Å². The highest BCUT2D eigenvalue weighted by Crippen LogP contribution is 2.28. The Morgan fingerprint density at radius 2 is 2.31 bits per heavy atom. The van der Waals surface area contributed by atoms with E-state index in [0.717, 1.165) is 6.07 Å². The molecule has 0 amide bonds. The number of methoxy groups -OCH3 is 1. The zero-order valence-corrected chi connectivity index (χ0v) is 8.76. The molecule has 16 heavy (non-hydrogen) atoms. The van der Waals surface area contributed by atoms with Crippen LogP contribution in [-0.4, -0.2) is 17.3 Å². The second kappa shape index (κ2) is 4.86. The zero-order valence-electron chi connectivity index (χ0n) is 8.00. The van der Waals surface area contributed by atoms with Crippen molar-refractivity contribution in [1.82, 2.24) is 4.98 Å². The number of hydrogen-bond donors (Lipinski definition) is 0. The topological polar surface area (TPSA) is 63.0 Å². The average Bonchev–Trinajstić information content (AvgIpc) is 2.26. The Balaban J connectivity index is 3.54. The maximum Gasteiger partial charge on any atom is 0.272 e. The fourth-order valence-corrected chi connectivity index (χ4v) is 1.21. The third kappa shape index (κ3) is 2.25. The monoisotopic (exact) mass is 246 g/mol. The Kier molecular flexibility index (Phi) is 3.74. The van der Waals surface area contributed by atoms with Crippen molar-refractivity contribution >= 4 is 16.8 Å². The molecule has 0 radical (unpaired) electrons. The molecular formula is C9H5ClF2N2O2. The lowest BCUT2D eigenvalue weighted by Crippen LogP contribution is -2.05. The van der Waals surface area contributed by atoms with Gasteiger partial charge in [0.05, 0.1) is 12.7 Å². The van der Waals surface area contributed by atoms with Gasteiger partial charge in [-0.05, 0) is 11.6 Å². The van der Waals surface area contributed by atoms with E-state index in [1.807, 2.05) is 0 Å². The van der Waals surface area contributed by atoms with E-state index in [-0.39, 0.29) is 5.88 Å². The van der Waals surface area contributed by atoms with Crippen LogP contribution in [0.2, 0.25) is 0 Å². The van der Waals surface area contributed by atoms with E-state index in [1.165, 1.54) is 13.2 Å². The van der Waals surface area contributed by atoms with Crippen LogP contribution in [0, 0.1) is 11.3 Å². The fraction of sp³-hybridized carbons (Fsp3) is 0.222. The third-order valence-corrected chi connectivity index (χ3v) is 1.95. The molecule has 0 fully saturated rings. The first-order chi connectivity index (χ1) is 7.51. The number of aromatic nitrogens is 1. The van der Waals surface area contributed by atoms with E-state index < -0.39 is 28.5 Å². The van der Waals surface area contributed by atoms with E-state index in [1.54, 1.807) is 0 Å². The molecule has 84 valence electrons. The Labute approximate surface area is 94.4 Å². The van der Waals surface area contributed by atoms with Crippen molar-refractivity contribution in [3.63, 3.8) is 0 Å². The Bertz CT molecular complexity index is 471. The number of rotatable bonds is 3. The van der Waals surface area contributed by atoms with Crippen LogP contribution in [0.5, 0.6) is 5.88 Å². The molecule has 0 aliphatic carbocycles. The lowest BCUT2D eigenvalue weighted by atomic mass is 10.1. The predicted octanol–water partition coefficient (Wildman–Crippen LogP) is 2.28. The maximum atomic E-state index is 12.6. The van der Waals surface area contributed by atoms with Crippen molar-refractivity contribution in [2.45, 2.75) is 6.43 Å². The van der Waals surface area contributed by atoms with Gasteiger partial charge in [0.25, 0.3) is 11.7 Å². The van der Waals surface area contributed by atoms with Crippen molar-refractivity contribution in [3.8, 4) is 11.9 Å². The van der Waals surface area contributed by atoms with E-state index in [0.29, 0.717) is 0 Å². The molecule has 1 heterocycles. The van der Waals surface area contributed by atoms with Crippen molar-refractivity contribution in [2.75, 3.05) is 7.11 Å². The van der Waals surface area contributed by atoms with Crippen LogP contribution in [0.3, 0.4) is 0 Å². The molecule has 0 aliphatic rings. The molecule has 0 aromatic carbocycles. The quantitative estimate of drug-likeness (QED) is 0.768. The standard InChI is InChI=1S/C9H5ClF2N2O2/c1-16-6-2-4(9(11)12)5(3-13)7(14-6)8(10)15/h2,9H,1H3. The summed E-state index contributed by atoms with van der Waals surface area (Å²) in [4.78, 5) is 14.5. The molecule has 0 bridgehead atoms. The molecule has 4 nitrogen and oxygen atoms in total. The molecule has 0 spiro atoms. The van der Waals surface area contributed by atoms with Gasteiger partial charge in [-0.1, -0.05) is 0 Å². The molecule has 0 atom stereocenters. The van der Waals surface area contributed by atoms with E-state index in [4.69, 9.17) is 16.9 Å². The molecule has 0 N–H and O–H groups in total. The average molecular weight is 247 g/mol. The van der Waals surface area contributed by atoms with Gasteiger partial charge in [-0.15, -0.1) is 0 Å². The van der Waals surface area contributed by atoms with Gasteiger partial charge in [0.2, 0.25) is 5.88 Å². The minimum atomic E-state index is -2.92. The van der Waals surface area contributed by atoms with Gasteiger partial charge in [0.1, 0.15) is 11.8 Å². The summed E-state index contributed by atoms with van der Waals surface area (Å²) in [6, 6.07) is 2.37. The van der Waals surface area contributed by atoms with E-state index in [2.05, 4.69) is 9.72 Å². The highest BCUT2D eigenvalue weighted by molar-refractivity contribution is 6.67. The number of carbonyl (C=O) groups is 1. The number of nitrogens with zero attached hydrogens (tertiary/aromatic N) is 2. The normalized spacial score (nSPS) is 10.0. The van der Waals surface area contributed by atoms with Gasteiger partial charge in [-0.2, -0.15) is 5.26 Å². The number of ether oxygens (including phenoxy) is 1. The summed E-state index contributed by atoms with van der Waals surface area (Å²) >= 11 is 5.14. The van der Waals surface area contributed by atoms with Gasteiger partial charge in [-0.3, -0.25) is 4.79 Å². The van der Waals surface area contributed by atoms with Gasteiger partial charge in [-0.25, -0.2) is 13.8 Å². The SMILES string of the molecule is COc1cc(C(F)F)c(C#N)c(C(=O)Cl)n1. The summed E-state index contributed by atoms with van der Waals surface area (Å²) < 4.78 is 29.8. The first kappa shape index (κ1) is 12.3. The molecule has 1 aromatic heterocycles. The largest absolute Gasteiger partial charge is 0.481 e. The van der Waals surface area contributed by atoms with Gasteiger partial charge in [0.15, 0.2) is 0 Å². The lowest BCUT2D eigenvalue weighted by molar-refractivity contribution is 0.107. The Morgan fingerprint density at radius 1 is 1.69 bits per heavy atom. The summed E-state index contributed by atoms with van der Waals surface area (Å²) in [6.07, 6.45) is -2.92. The highest BCUT2D eigenvalue weighted by Gasteiger charge is 2.22. The summed E-state index contributed by atoms with van der Waals surface area (Å²) in [5.41, 5.74) is -1.69. The predicted molar refractivity (Wildman–Crippen MR) is 50.6 cm³/mol. The first-order valence-corrected chi connectivity index (χ1v) is 4.36. The van der Waals surface area contributed by atoms with Crippen LogP contribution in [0.1, 0.15) is 28.0 Å². The van der Waals surface area contributed by atoms with E-state index >= 15 is 0 Å². The van der Waals surface area contributed by atoms with E-state index in [9.17, 15) is 13.6 Å². The minimum absolute atomic E-state index is 0.196. The number of alkyl halides is 2. The van der Waals surface area contributed by atoms with Crippen molar-refractivity contribution in [3.05, 3.63) is 22.9 Å². The van der Waals surface area contributed by atoms with Crippen LogP contribution < -0.4 is 4.74 Å². The first-order valence-electron chi connectivity index (χ1n) is 3.98. The van der Waals surface area contributed by atoms with Crippen LogP contribution in [0.4, 0.5) is 8.78 Å². The molecule has 1 aromatic rings. The van der Waals surface area contributed by atoms with Crippen molar-refractivity contribution < 1.29 is 18.3 Å². The maximum absolute atomic E-state index is 12.6. The number of nitriles is 1. The van der Waals surface area contributed by atoms with Crippen LogP contribution in [0.15, 0.2) is 6.07 Å². The molecule has 1 rings (SSSR count). The fourth-order valence-electron chi connectivity index (χ4n) is 1.08. The highest BCUT2D eigenvalue weighted by atomic mass is 35.5. The molecular weight excluding hydrogens is 242 g/mol. The van der Waals surface area contributed by atoms with Gasteiger partial charge < -0.3 is 4.74 Å². The van der Waals surface area contributed by atoms with Crippen molar-refractivity contribution in [1.29, 1.82) is 5.26 Å². The number of halogens is 3. The number of pyridine rings is 1. The number of carbonyl (C=O) groups excluding carboxylic acids is 1. The Hall–Kier alpha value is -1.74. The molecule has 0 unspecified atom stereocenters.